The van der Waals surface area contributed by atoms with Gasteiger partial charge in [-0.15, -0.1) is 0 Å². The van der Waals surface area contributed by atoms with Gasteiger partial charge in [-0.25, -0.2) is 0 Å². The highest BCUT2D eigenvalue weighted by atomic mass is 35.5. The maximum Gasteiger partial charge on any atom is 0.313 e. The van der Waals surface area contributed by atoms with E-state index in [0.717, 1.165) is 5.56 Å². The van der Waals surface area contributed by atoms with Crippen molar-refractivity contribution in [3.63, 3.8) is 0 Å². The molecule has 0 aliphatic carbocycles. The van der Waals surface area contributed by atoms with Gasteiger partial charge in [0.15, 0.2) is 0 Å². The van der Waals surface area contributed by atoms with Crippen LogP contribution < -0.4 is 0 Å². The maximum absolute atomic E-state index is 11.2. The lowest BCUT2D eigenvalue weighted by Gasteiger charge is -2.21. The number of ketones is 1. The summed E-state index contributed by atoms with van der Waals surface area (Å²) in [4.78, 5) is 22.3. The van der Waals surface area contributed by atoms with E-state index in [-0.39, 0.29) is 18.6 Å². The van der Waals surface area contributed by atoms with Crippen LogP contribution in [0.2, 0.25) is 5.02 Å². The zero-order valence-corrected chi connectivity index (χ0v) is 8.66. The van der Waals surface area contributed by atoms with Crippen molar-refractivity contribution in [2.45, 2.75) is 18.9 Å². The molecule has 1 aromatic carbocycles. The van der Waals surface area contributed by atoms with Crippen LogP contribution in [-0.2, 0) is 14.3 Å². The molecule has 4 heteroatoms. The summed E-state index contributed by atoms with van der Waals surface area (Å²) < 4.78 is 5.08. The van der Waals surface area contributed by atoms with Gasteiger partial charge >= 0.3 is 5.97 Å². The van der Waals surface area contributed by atoms with Crippen molar-refractivity contribution >= 4 is 23.4 Å². The van der Waals surface area contributed by atoms with Crippen LogP contribution in [0, 0.1) is 0 Å². The van der Waals surface area contributed by atoms with Crippen molar-refractivity contribution in [2.75, 3.05) is 0 Å². The van der Waals surface area contributed by atoms with Gasteiger partial charge in [0.2, 0.25) is 0 Å². The lowest BCUT2D eigenvalue weighted by Crippen LogP contribution is -2.24. The molecule has 1 heterocycles. The second-order valence-electron chi connectivity index (χ2n) is 3.45. The molecule has 1 fully saturated rings. The molecule has 0 radical (unpaired) electrons. The molecule has 0 amide bonds. The normalized spacial score (nSPS) is 21.3. The van der Waals surface area contributed by atoms with Gasteiger partial charge in [-0.2, -0.15) is 0 Å². The lowest BCUT2D eigenvalue weighted by molar-refractivity contribution is -0.158. The summed E-state index contributed by atoms with van der Waals surface area (Å²) in [6, 6.07) is 6.95. The highest BCUT2D eigenvalue weighted by Crippen LogP contribution is 2.27. The minimum atomic E-state index is -0.453. The zero-order valence-electron chi connectivity index (χ0n) is 7.90. The Hall–Kier alpha value is -1.35. The van der Waals surface area contributed by atoms with Crippen LogP contribution >= 0.6 is 11.6 Å². The molecule has 1 saturated heterocycles. The molecule has 1 aliphatic rings. The van der Waals surface area contributed by atoms with Crippen LogP contribution in [0.5, 0.6) is 0 Å². The lowest BCUT2D eigenvalue weighted by atomic mass is 10.0. The van der Waals surface area contributed by atoms with Gasteiger partial charge in [0.1, 0.15) is 18.3 Å². The second kappa shape index (κ2) is 4.03. The molecule has 3 nitrogen and oxygen atoms in total. The smallest absolute Gasteiger partial charge is 0.313 e. The molecule has 1 atom stereocenters. The Labute approximate surface area is 92.0 Å². The van der Waals surface area contributed by atoms with Gasteiger partial charge in [0.05, 0.1) is 0 Å². The second-order valence-corrected chi connectivity index (χ2v) is 3.89. The predicted molar refractivity (Wildman–Crippen MR) is 54.5 cm³/mol. The zero-order chi connectivity index (χ0) is 10.8. The van der Waals surface area contributed by atoms with Crippen molar-refractivity contribution in [1.29, 1.82) is 0 Å². The first-order valence-corrected chi connectivity index (χ1v) is 4.99. The summed E-state index contributed by atoms with van der Waals surface area (Å²) in [5.41, 5.74) is 0.806. The number of benzene rings is 1. The standard InChI is InChI=1S/C11H9ClO3/c12-8-3-1-7(2-4-8)10-5-9(13)6-11(14)15-10/h1-4,10H,5-6H2. The van der Waals surface area contributed by atoms with Gasteiger partial charge in [-0.3, -0.25) is 9.59 Å². The number of halogens is 1. The SMILES string of the molecule is O=C1CC(=O)OC(c2ccc(Cl)cc2)C1. The molecule has 2 rings (SSSR count). The van der Waals surface area contributed by atoms with E-state index in [1.165, 1.54) is 0 Å². The monoisotopic (exact) mass is 224 g/mol. The van der Waals surface area contributed by atoms with E-state index in [0.29, 0.717) is 5.02 Å². The number of hydrogen-bond acceptors (Lipinski definition) is 3. The third-order valence-electron chi connectivity index (χ3n) is 2.27. The average molecular weight is 225 g/mol. The van der Waals surface area contributed by atoms with Crippen molar-refractivity contribution in [3.8, 4) is 0 Å². The molecule has 1 aromatic rings. The van der Waals surface area contributed by atoms with E-state index in [4.69, 9.17) is 16.3 Å². The Bertz CT molecular complexity index is 381. The van der Waals surface area contributed by atoms with Crippen LogP contribution in [0.3, 0.4) is 0 Å². The van der Waals surface area contributed by atoms with Crippen LogP contribution in [0.15, 0.2) is 24.3 Å². The summed E-state index contributed by atoms with van der Waals surface area (Å²) in [5, 5.41) is 0.618. The number of Topliss-reactive ketones (excluding diaryl/α,β-unsaturated/α-hetero) is 1. The summed E-state index contributed by atoms with van der Waals surface area (Å²) in [7, 11) is 0. The fraction of sp³-hybridized carbons (Fsp3) is 0.273. The highest BCUT2D eigenvalue weighted by Gasteiger charge is 2.27. The van der Waals surface area contributed by atoms with E-state index in [1.807, 2.05) is 0 Å². The Morgan fingerprint density at radius 3 is 2.47 bits per heavy atom. The number of carbonyl (C=O) groups is 2. The first-order chi connectivity index (χ1) is 7.15. The molecule has 0 N–H and O–H groups in total. The average Bonchev–Trinajstić information content (AvgIpc) is 2.17. The molecule has 1 unspecified atom stereocenters. The predicted octanol–water partition coefficient (Wildman–Crippen LogP) is 2.29. The maximum atomic E-state index is 11.2. The largest absolute Gasteiger partial charge is 0.457 e. The van der Waals surface area contributed by atoms with E-state index in [2.05, 4.69) is 0 Å². The Kier molecular flexibility index (Phi) is 2.73. The first-order valence-electron chi connectivity index (χ1n) is 4.62. The summed E-state index contributed by atoms with van der Waals surface area (Å²) in [6.45, 7) is 0. The van der Waals surface area contributed by atoms with Crippen molar-refractivity contribution in [2.24, 2.45) is 0 Å². The fourth-order valence-corrected chi connectivity index (χ4v) is 1.67. The summed E-state index contributed by atoms with van der Waals surface area (Å²) in [5.74, 6) is -0.530. The fourth-order valence-electron chi connectivity index (χ4n) is 1.55. The molecule has 0 saturated carbocycles. The third-order valence-corrected chi connectivity index (χ3v) is 2.52. The Morgan fingerprint density at radius 1 is 1.20 bits per heavy atom. The minimum absolute atomic E-state index is 0.0776. The van der Waals surface area contributed by atoms with E-state index in [9.17, 15) is 9.59 Å². The number of carbonyl (C=O) groups excluding carboxylic acids is 2. The van der Waals surface area contributed by atoms with Crippen molar-refractivity contribution < 1.29 is 14.3 Å². The molecule has 0 spiro atoms. The van der Waals surface area contributed by atoms with E-state index in [1.54, 1.807) is 24.3 Å². The van der Waals surface area contributed by atoms with Gasteiger partial charge in [-0.05, 0) is 17.7 Å². The summed E-state index contributed by atoms with van der Waals surface area (Å²) >= 11 is 5.73. The van der Waals surface area contributed by atoms with E-state index >= 15 is 0 Å². The van der Waals surface area contributed by atoms with Gasteiger partial charge < -0.3 is 4.74 Å². The molecular weight excluding hydrogens is 216 g/mol. The van der Waals surface area contributed by atoms with Crippen LogP contribution in [0.4, 0.5) is 0 Å². The number of rotatable bonds is 1. The topological polar surface area (TPSA) is 43.4 Å². The number of hydrogen-bond donors (Lipinski definition) is 0. The van der Waals surface area contributed by atoms with Crippen molar-refractivity contribution in [3.05, 3.63) is 34.9 Å². The van der Waals surface area contributed by atoms with Crippen LogP contribution in [0.25, 0.3) is 0 Å². The minimum Gasteiger partial charge on any atom is -0.457 e. The Morgan fingerprint density at radius 2 is 1.87 bits per heavy atom. The van der Waals surface area contributed by atoms with Gasteiger partial charge in [-0.1, -0.05) is 23.7 Å². The van der Waals surface area contributed by atoms with Crippen LogP contribution in [0.1, 0.15) is 24.5 Å². The molecule has 1 aliphatic heterocycles. The molecular formula is C11H9ClO3. The third kappa shape index (κ3) is 2.36. The molecule has 78 valence electrons. The summed E-state index contributed by atoms with van der Waals surface area (Å²) in [6.07, 6.45) is -0.298. The Balaban J connectivity index is 2.19. The van der Waals surface area contributed by atoms with Crippen molar-refractivity contribution in [1.82, 2.24) is 0 Å². The highest BCUT2D eigenvalue weighted by molar-refractivity contribution is 6.30. The molecule has 0 aromatic heterocycles. The van der Waals surface area contributed by atoms with Gasteiger partial charge in [0, 0.05) is 11.4 Å². The van der Waals surface area contributed by atoms with Crippen LogP contribution in [-0.4, -0.2) is 11.8 Å². The first kappa shape index (κ1) is 10.2. The van der Waals surface area contributed by atoms with E-state index < -0.39 is 12.1 Å². The number of cyclic esters (lactones) is 1. The molecule has 15 heavy (non-hydrogen) atoms. The number of ether oxygens (including phenoxy) is 1. The quantitative estimate of drug-likeness (QED) is 0.543. The number of esters is 1. The molecule has 0 bridgehead atoms. The van der Waals surface area contributed by atoms with Gasteiger partial charge in [0.25, 0.3) is 0 Å².